The summed E-state index contributed by atoms with van der Waals surface area (Å²) in [5.41, 5.74) is 8.41. The van der Waals surface area contributed by atoms with Crippen LogP contribution in [0.15, 0.2) is 42.6 Å². The van der Waals surface area contributed by atoms with Gasteiger partial charge in [-0.25, -0.2) is 4.79 Å². The summed E-state index contributed by atoms with van der Waals surface area (Å²) in [6.07, 6.45) is 1.20. The molecule has 0 aliphatic carbocycles. The molecule has 3 unspecified atom stereocenters. The number of ether oxygens (including phenoxy) is 2. The van der Waals surface area contributed by atoms with Gasteiger partial charge in [0, 0.05) is 17.0 Å². The Hall–Kier alpha value is -2.15. The first-order chi connectivity index (χ1) is 13.0. The number of hydrogen-bond donors (Lipinski definition) is 1. The molecule has 7 heteroatoms. The van der Waals surface area contributed by atoms with Crippen LogP contribution in [0, 0.1) is 0 Å². The van der Waals surface area contributed by atoms with Crippen LogP contribution in [0.2, 0.25) is 5.02 Å². The Labute approximate surface area is 166 Å². The van der Waals surface area contributed by atoms with E-state index in [1.807, 2.05) is 25.1 Å². The van der Waals surface area contributed by atoms with Crippen molar-refractivity contribution >= 4 is 39.2 Å². The topological polar surface area (TPSA) is 74.4 Å². The summed E-state index contributed by atoms with van der Waals surface area (Å²) >= 11 is 7.96. The van der Waals surface area contributed by atoms with Crippen LogP contribution < -0.4 is 5.73 Å². The quantitative estimate of drug-likeness (QED) is 0.668. The van der Waals surface area contributed by atoms with Crippen molar-refractivity contribution in [3.05, 3.63) is 53.2 Å². The number of thiophene rings is 1. The van der Waals surface area contributed by atoms with Gasteiger partial charge in [-0.15, -0.1) is 11.3 Å². The molecular formula is C20H19ClN2O3S. The Morgan fingerprint density at radius 3 is 3.00 bits per heavy atom. The monoisotopic (exact) mass is 402 g/mol. The van der Waals surface area contributed by atoms with E-state index in [1.165, 1.54) is 5.56 Å². The highest BCUT2D eigenvalue weighted by atomic mass is 35.5. The number of fused-ring (bicyclic) bond motifs is 1. The van der Waals surface area contributed by atoms with Crippen molar-refractivity contribution < 1.29 is 14.3 Å². The van der Waals surface area contributed by atoms with Gasteiger partial charge in [-0.1, -0.05) is 35.9 Å². The summed E-state index contributed by atoms with van der Waals surface area (Å²) in [7, 11) is 0. The third kappa shape index (κ3) is 3.65. The summed E-state index contributed by atoms with van der Waals surface area (Å²) in [4.78, 5) is 16.5. The second kappa shape index (κ2) is 7.46. The highest BCUT2D eigenvalue weighted by Crippen LogP contribution is 2.41. The van der Waals surface area contributed by atoms with E-state index in [0.717, 1.165) is 32.1 Å². The molecule has 140 valence electrons. The molecule has 0 saturated carbocycles. The molecule has 1 fully saturated rings. The van der Waals surface area contributed by atoms with Gasteiger partial charge in [0.1, 0.15) is 6.10 Å². The maximum Gasteiger partial charge on any atom is 0.404 e. The van der Waals surface area contributed by atoms with Gasteiger partial charge in [-0.3, -0.25) is 4.98 Å². The van der Waals surface area contributed by atoms with Crippen LogP contribution in [-0.2, 0) is 9.47 Å². The Bertz CT molecular complexity index is 990. The summed E-state index contributed by atoms with van der Waals surface area (Å²) in [6.45, 7) is 2.39. The molecule has 4 rings (SSSR count). The lowest BCUT2D eigenvalue weighted by Gasteiger charge is -2.18. The van der Waals surface area contributed by atoms with Crippen LogP contribution in [0.25, 0.3) is 20.7 Å². The first-order valence-corrected chi connectivity index (χ1v) is 9.93. The minimum absolute atomic E-state index is 0.158. The van der Waals surface area contributed by atoms with Gasteiger partial charge >= 0.3 is 6.09 Å². The number of aromatic nitrogens is 1. The van der Waals surface area contributed by atoms with Gasteiger partial charge in [0.05, 0.1) is 28.0 Å². The molecule has 3 aromatic rings. The van der Waals surface area contributed by atoms with E-state index >= 15 is 0 Å². The number of nitrogens with zero attached hydrogens (tertiary/aromatic N) is 1. The number of hydrogen-bond acceptors (Lipinski definition) is 5. The standard InChI is InChI=1S/C20H19ClN2O3S/c1-11(26-20(22)24)17-8-12(10-25-17)13-4-2-3-5-14(13)18-9-16-19(27-18)15(21)6-7-23-16/h2-7,9,11-12,17H,8,10H2,1H3,(H2,22,24). The second-order valence-electron chi connectivity index (χ2n) is 6.65. The Morgan fingerprint density at radius 2 is 2.22 bits per heavy atom. The van der Waals surface area contributed by atoms with Gasteiger partial charge in [-0.2, -0.15) is 0 Å². The molecule has 2 N–H and O–H groups in total. The molecule has 0 bridgehead atoms. The van der Waals surface area contributed by atoms with E-state index in [-0.39, 0.29) is 18.1 Å². The zero-order valence-corrected chi connectivity index (χ0v) is 16.3. The van der Waals surface area contributed by atoms with Crippen LogP contribution in [0.4, 0.5) is 4.79 Å². The number of benzene rings is 1. The van der Waals surface area contributed by atoms with Crippen molar-refractivity contribution in [2.24, 2.45) is 5.73 Å². The van der Waals surface area contributed by atoms with Crippen LogP contribution in [0.3, 0.4) is 0 Å². The van der Waals surface area contributed by atoms with Crippen molar-refractivity contribution in [1.29, 1.82) is 0 Å². The van der Waals surface area contributed by atoms with Crippen LogP contribution in [-0.4, -0.2) is 29.9 Å². The largest absolute Gasteiger partial charge is 0.444 e. The minimum Gasteiger partial charge on any atom is -0.444 e. The normalized spacial score (nSPS) is 20.7. The van der Waals surface area contributed by atoms with Crippen molar-refractivity contribution in [2.75, 3.05) is 6.61 Å². The van der Waals surface area contributed by atoms with Gasteiger partial charge in [0.15, 0.2) is 0 Å². The number of pyridine rings is 1. The molecule has 3 heterocycles. The molecule has 27 heavy (non-hydrogen) atoms. The molecule has 1 aliphatic heterocycles. The fourth-order valence-electron chi connectivity index (χ4n) is 3.58. The Morgan fingerprint density at radius 1 is 1.41 bits per heavy atom. The predicted octanol–water partition coefficient (Wildman–Crippen LogP) is 4.97. The van der Waals surface area contributed by atoms with E-state index in [9.17, 15) is 4.79 Å². The summed E-state index contributed by atoms with van der Waals surface area (Å²) in [6, 6.07) is 12.2. The number of amides is 1. The third-order valence-electron chi connectivity index (χ3n) is 4.88. The zero-order valence-electron chi connectivity index (χ0n) is 14.7. The molecule has 1 saturated heterocycles. The Kier molecular flexibility index (Phi) is 5.04. The molecule has 5 nitrogen and oxygen atoms in total. The fourth-order valence-corrected chi connectivity index (χ4v) is 4.91. The molecule has 1 aromatic carbocycles. The molecule has 0 spiro atoms. The number of carbonyl (C=O) groups is 1. The Balaban J connectivity index is 1.64. The maximum atomic E-state index is 11.0. The number of halogens is 1. The van der Waals surface area contributed by atoms with E-state index < -0.39 is 6.09 Å². The highest BCUT2D eigenvalue weighted by Gasteiger charge is 2.33. The van der Waals surface area contributed by atoms with Crippen LogP contribution in [0.1, 0.15) is 24.8 Å². The van der Waals surface area contributed by atoms with Crippen LogP contribution in [0.5, 0.6) is 0 Å². The van der Waals surface area contributed by atoms with Crippen molar-refractivity contribution in [3.63, 3.8) is 0 Å². The van der Waals surface area contributed by atoms with E-state index in [0.29, 0.717) is 6.61 Å². The molecule has 2 aromatic heterocycles. The molecule has 1 aliphatic rings. The smallest absolute Gasteiger partial charge is 0.404 e. The lowest BCUT2D eigenvalue weighted by molar-refractivity contribution is -0.00142. The third-order valence-corrected chi connectivity index (χ3v) is 6.50. The molecule has 1 amide bonds. The molecular weight excluding hydrogens is 384 g/mol. The highest BCUT2D eigenvalue weighted by molar-refractivity contribution is 7.22. The number of carbonyl (C=O) groups excluding carboxylic acids is 1. The first-order valence-electron chi connectivity index (χ1n) is 8.74. The maximum absolute atomic E-state index is 11.0. The fraction of sp³-hybridized carbons (Fsp3) is 0.300. The van der Waals surface area contributed by atoms with E-state index in [1.54, 1.807) is 17.5 Å². The van der Waals surface area contributed by atoms with E-state index in [4.69, 9.17) is 26.8 Å². The lowest BCUT2D eigenvalue weighted by atomic mass is 9.90. The van der Waals surface area contributed by atoms with Gasteiger partial charge < -0.3 is 15.2 Å². The average Bonchev–Trinajstić information content (AvgIpc) is 3.29. The van der Waals surface area contributed by atoms with Crippen molar-refractivity contribution in [1.82, 2.24) is 4.98 Å². The average molecular weight is 403 g/mol. The minimum atomic E-state index is -0.774. The SMILES string of the molecule is CC(OC(N)=O)C1CC(c2ccccc2-c2cc3nccc(Cl)c3s2)CO1. The zero-order chi connectivity index (χ0) is 19.0. The number of primary amides is 1. The lowest BCUT2D eigenvalue weighted by Crippen LogP contribution is -2.30. The van der Waals surface area contributed by atoms with Gasteiger partial charge in [0.25, 0.3) is 0 Å². The second-order valence-corrected chi connectivity index (χ2v) is 8.11. The summed E-state index contributed by atoms with van der Waals surface area (Å²) in [5.74, 6) is 0.221. The predicted molar refractivity (Wildman–Crippen MR) is 107 cm³/mol. The molecule has 3 atom stereocenters. The first kappa shape index (κ1) is 18.2. The number of rotatable bonds is 4. The van der Waals surface area contributed by atoms with Gasteiger partial charge in [0.2, 0.25) is 0 Å². The van der Waals surface area contributed by atoms with Crippen molar-refractivity contribution in [2.45, 2.75) is 31.5 Å². The number of nitrogens with two attached hydrogens (primary N) is 1. The summed E-state index contributed by atoms with van der Waals surface area (Å²) < 4.78 is 12.0. The molecule has 0 radical (unpaired) electrons. The van der Waals surface area contributed by atoms with Gasteiger partial charge in [-0.05, 0) is 36.6 Å². The van der Waals surface area contributed by atoms with Crippen LogP contribution >= 0.6 is 22.9 Å². The summed E-state index contributed by atoms with van der Waals surface area (Å²) in [5, 5.41) is 0.718. The van der Waals surface area contributed by atoms with Crippen molar-refractivity contribution in [3.8, 4) is 10.4 Å². The van der Waals surface area contributed by atoms with E-state index in [2.05, 4.69) is 23.2 Å².